The Morgan fingerprint density at radius 1 is 0.907 bits per heavy atom. The number of nitrogens with two attached hydrogens (primary N) is 1. The maximum absolute atomic E-state index is 13.4. The Morgan fingerprint density at radius 3 is 2.23 bits per heavy atom. The first-order valence-electron chi connectivity index (χ1n) is 12.9. The minimum atomic E-state index is -4.61. The molecular weight excluding hydrogens is 564 g/mol. The van der Waals surface area contributed by atoms with Crippen LogP contribution in [-0.4, -0.2) is 28.7 Å². The van der Waals surface area contributed by atoms with E-state index in [1.54, 1.807) is 37.6 Å². The number of ether oxygens (including phenoxy) is 1. The van der Waals surface area contributed by atoms with Crippen LogP contribution in [0.5, 0.6) is 5.75 Å². The molecule has 5 aromatic rings. The largest absolute Gasteiger partial charge is 0.496 e. The molecular formula is C32H24F4N4O3. The van der Waals surface area contributed by atoms with Crippen LogP contribution in [-0.2, 0) is 6.54 Å². The molecule has 0 radical (unpaired) electrons. The smallest absolute Gasteiger partial charge is 0.406 e. The van der Waals surface area contributed by atoms with Crippen molar-refractivity contribution in [3.05, 3.63) is 119 Å². The van der Waals surface area contributed by atoms with Gasteiger partial charge in [0.15, 0.2) is 0 Å². The van der Waals surface area contributed by atoms with Crippen LogP contribution in [0.15, 0.2) is 102 Å². The highest BCUT2D eigenvalue weighted by atomic mass is 19.4. The highest BCUT2D eigenvalue weighted by Gasteiger charge is 2.29. The molecule has 218 valence electrons. The average Bonchev–Trinajstić information content (AvgIpc) is 2.98. The van der Waals surface area contributed by atoms with E-state index in [1.165, 1.54) is 12.1 Å². The van der Waals surface area contributed by atoms with E-state index in [0.29, 0.717) is 21.4 Å². The number of halogens is 4. The van der Waals surface area contributed by atoms with Crippen LogP contribution in [0.25, 0.3) is 33.4 Å². The monoisotopic (exact) mass is 588 g/mol. The van der Waals surface area contributed by atoms with E-state index >= 15 is 0 Å². The van der Waals surface area contributed by atoms with E-state index in [-0.39, 0.29) is 22.6 Å². The number of aromatic nitrogens is 2. The van der Waals surface area contributed by atoms with Crippen molar-refractivity contribution >= 4 is 17.4 Å². The number of pyridine rings is 2. The molecule has 0 aliphatic heterocycles. The maximum atomic E-state index is 13.4. The molecule has 5 rings (SSSR count). The number of methoxy groups -OCH3 is 1. The molecule has 2 heterocycles. The number of nitrogens with zero attached hydrogens (tertiary/aromatic N) is 2. The summed E-state index contributed by atoms with van der Waals surface area (Å²) in [6.07, 6.45) is -1.14. The molecule has 2 aromatic heterocycles. The Hall–Kier alpha value is -5.45. The topological polar surface area (TPSA) is 99.2 Å². The zero-order valence-corrected chi connectivity index (χ0v) is 22.7. The van der Waals surface area contributed by atoms with Gasteiger partial charge in [0.1, 0.15) is 29.5 Å². The highest BCUT2D eigenvalue weighted by molar-refractivity contribution is 6.04. The van der Waals surface area contributed by atoms with E-state index < -0.39 is 35.4 Å². The second kappa shape index (κ2) is 11.8. The van der Waals surface area contributed by atoms with Gasteiger partial charge in [-0.3, -0.25) is 9.59 Å². The van der Waals surface area contributed by atoms with Gasteiger partial charge in [-0.05, 0) is 47.5 Å². The van der Waals surface area contributed by atoms with Crippen molar-refractivity contribution in [1.29, 1.82) is 0 Å². The molecule has 43 heavy (non-hydrogen) atoms. The molecule has 0 aliphatic rings. The van der Waals surface area contributed by atoms with Crippen LogP contribution in [0.3, 0.4) is 0 Å². The molecule has 0 fully saturated rings. The fourth-order valence-electron chi connectivity index (χ4n) is 4.59. The van der Waals surface area contributed by atoms with E-state index in [4.69, 9.17) is 10.5 Å². The summed E-state index contributed by atoms with van der Waals surface area (Å²) >= 11 is 0. The molecule has 0 unspecified atom stereocenters. The number of alkyl halides is 3. The molecule has 11 heteroatoms. The molecule has 7 nitrogen and oxygen atoms in total. The normalized spacial score (nSPS) is 11.3. The van der Waals surface area contributed by atoms with Crippen LogP contribution in [0.2, 0.25) is 0 Å². The lowest BCUT2D eigenvalue weighted by Gasteiger charge is -2.15. The van der Waals surface area contributed by atoms with Gasteiger partial charge in [-0.25, -0.2) is 9.37 Å². The summed E-state index contributed by atoms with van der Waals surface area (Å²) in [4.78, 5) is 30.7. The number of amides is 1. The van der Waals surface area contributed by atoms with Crippen LogP contribution in [0, 0.1) is 5.82 Å². The van der Waals surface area contributed by atoms with Gasteiger partial charge in [0, 0.05) is 46.5 Å². The molecule has 0 spiro atoms. The number of rotatable bonds is 7. The zero-order valence-electron chi connectivity index (χ0n) is 22.7. The quantitative estimate of drug-likeness (QED) is 0.204. The van der Waals surface area contributed by atoms with Crippen molar-refractivity contribution < 1.29 is 27.1 Å². The summed E-state index contributed by atoms with van der Waals surface area (Å²) in [6.45, 7) is -1.43. The van der Waals surface area contributed by atoms with Gasteiger partial charge in [-0.1, -0.05) is 42.5 Å². The van der Waals surface area contributed by atoms with Gasteiger partial charge in [-0.15, -0.1) is 0 Å². The molecule has 0 saturated carbocycles. The lowest BCUT2D eigenvalue weighted by Crippen LogP contribution is -2.27. The number of hydrogen-bond donors (Lipinski definition) is 2. The minimum absolute atomic E-state index is 0.169. The molecule has 0 bridgehead atoms. The number of benzene rings is 3. The van der Waals surface area contributed by atoms with Gasteiger partial charge >= 0.3 is 6.18 Å². The second-order valence-corrected chi connectivity index (χ2v) is 9.60. The van der Waals surface area contributed by atoms with E-state index in [2.05, 4.69) is 10.3 Å². The average molecular weight is 589 g/mol. The number of carbonyl (C=O) groups excluding carboxylic acids is 1. The molecule has 0 saturated heterocycles. The summed E-state index contributed by atoms with van der Waals surface area (Å²) < 4.78 is 59.2. The number of carbonyl (C=O) groups is 1. The fraction of sp³-hybridized carbons (Fsp3) is 0.0938. The van der Waals surface area contributed by atoms with Crippen molar-refractivity contribution in [2.45, 2.75) is 12.7 Å². The van der Waals surface area contributed by atoms with Crippen LogP contribution < -0.4 is 21.2 Å². The first-order valence-corrected chi connectivity index (χ1v) is 12.9. The summed E-state index contributed by atoms with van der Waals surface area (Å²) in [5, 5.41) is 2.57. The number of anilines is 2. The van der Waals surface area contributed by atoms with E-state index in [0.717, 1.165) is 35.7 Å². The van der Waals surface area contributed by atoms with Crippen LogP contribution in [0.1, 0.15) is 10.4 Å². The van der Waals surface area contributed by atoms with Crippen molar-refractivity contribution in [3.63, 3.8) is 0 Å². The SMILES string of the molecule is COc1ccccc1-c1cnc(N)c(-c2ccc(NC(=O)c3cn(CC(F)(F)F)cc(-c4ccc(F)cc4)c3=O)cc2)c1. The Morgan fingerprint density at radius 2 is 1.56 bits per heavy atom. The molecule has 3 aromatic carbocycles. The van der Waals surface area contributed by atoms with Crippen molar-refractivity contribution in [1.82, 2.24) is 9.55 Å². The number of nitrogen functional groups attached to an aromatic ring is 1. The second-order valence-electron chi connectivity index (χ2n) is 9.60. The maximum Gasteiger partial charge on any atom is 0.406 e. The van der Waals surface area contributed by atoms with E-state index in [1.807, 2.05) is 30.3 Å². The third kappa shape index (κ3) is 6.56. The predicted molar refractivity (Wildman–Crippen MR) is 156 cm³/mol. The third-order valence-electron chi connectivity index (χ3n) is 6.63. The lowest BCUT2D eigenvalue weighted by atomic mass is 10.00. The van der Waals surface area contributed by atoms with Gasteiger partial charge in [0.2, 0.25) is 5.43 Å². The number of nitrogens with one attached hydrogen (secondary N) is 1. The minimum Gasteiger partial charge on any atom is -0.496 e. The summed E-state index contributed by atoms with van der Waals surface area (Å²) in [6, 6.07) is 20.5. The van der Waals surface area contributed by atoms with Crippen molar-refractivity contribution in [2.24, 2.45) is 0 Å². The first-order chi connectivity index (χ1) is 20.5. The summed E-state index contributed by atoms with van der Waals surface area (Å²) in [5.74, 6) is -0.549. The predicted octanol–water partition coefficient (Wildman–Crippen LogP) is 6.79. The molecule has 0 aliphatic carbocycles. The van der Waals surface area contributed by atoms with Gasteiger partial charge in [0.05, 0.1) is 7.11 Å². The first kappa shape index (κ1) is 29.1. The summed E-state index contributed by atoms with van der Waals surface area (Å²) in [5.41, 5.74) is 8.04. The molecule has 3 N–H and O–H groups in total. The van der Waals surface area contributed by atoms with Gasteiger partial charge in [0.25, 0.3) is 5.91 Å². The van der Waals surface area contributed by atoms with E-state index in [9.17, 15) is 27.2 Å². The highest BCUT2D eigenvalue weighted by Crippen LogP contribution is 2.34. The van der Waals surface area contributed by atoms with Gasteiger partial charge in [-0.2, -0.15) is 13.2 Å². The standard InChI is InChI=1S/C32H24F4N4O3/c1-43-28-5-3-2-4-24(28)21-14-25(30(37)38-15-21)19-8-12-23(13-9-19)39-31(42)27-17-40(18-32(34,35)36)16-26(29(27)41)20-6-10-22(33)11-7-20/h2-17H,18H2,1H3,(H2,37,38)(H,39,42). The van der Waals surface area contributed by atoms with Crippen LogP contribution in [0.4, 0.5) is 29.1 Å². The van der Waals surface area contributed by atoms with Gasteiger partial charge < -0.3 is 20.4 Å². The Bertz CT molecular complexity index is 1850. The Kier molecular flexibility index (Phi) is 7.98. The fourth-order valence-corrected chi connectivity index (χ4v) is 4.59. The van der Waals surface area contributed by atoms with Crippen LogP contribution >= 0.6 is 0 Å². The lowest BCUT2D eigenvalue weighted by molar-refractivity contribution is -0.140. The summed E-state index contributed by atoms with van der Waals surface area (Å²) in [7, 11) is 1.57. The molecule has 0 atom stereocenters. The Labute approximate surface area is 243 Å². The molecule has 1 amide bonds. The number of hydrogen-bond acceptors (Lipinski definition) is 5. The number of para-hydroxylation sites is 1. The van der Waals surface area contributed by atoms with Crippen molar-refractivity contribution in [3.8, 4) is 39.1 Å². The third-order valence-corrected chi connectivity index (χ3v) is 6.63. The Balaban J connectivity index is 1.44. The van der Waals surface area contributed by atoms with Crippen molar-refractivity contribution in [2.75, 3.05) is 18.2 Å². The zero-order chi connectivity index (χ0) is 30.7.